The van der Waals surface area contributed by atoms with Crippen molar-refractivity contribution in [1.82, 2.24) is 10.2 Å². The van der Waals surface area contributed by atoms with Crippen molar-refractivity contribution in [2.24, 2.45) is 0 Å². The molecule has 202 valence electrons. The first-order valence-electron chi connectivity index (χ1n) is 12.2. The first-order chi connectivity index (χ1) is 18.1. The molecule has 0 saturated carbocycles. The molecule has 3 rings (SSSR count). The summed E-state index contributed by atoms with van der Waals surface area (Å²) in [5.74, 6) is -0.908. The fraction of sp³-hybridized carbons (Fsp3) is 0.286. The Labute approximate surface area is 234 Å². The van der Waals surface area contributed by atoms with Gasteiger partial charge in [-0.15, -0.1) is 0 Å². The van der Waals surface area contributed by atoms with E-state index in [0.717, 1.165) is 9.87 Å². The van der Waals surface area contributed by atoms with Crippen molar-refractivity contribution in [1.29, 1.82) is 0 Å². The Morgan fingerprint density at radius 3 is 2.18 bits per heavy atom. The molecule has 0 radical (unpaired) electrons. The molecule has 0 heterocycles. The average molecular weight is 577 g/mol. The summed E-state index contributed by atoms with van der Waals surface area (Å²) in [6, 6.07) is 19.1. The lowest BCUT2D eigenvalue weighted by atomic mass is 10.1. The van der Waals surface area contributed by atoms with Gasteiger partial charge < -0.3 is 10.2 Å². The molecule has 10 heteroatoms. The highest BCUT2D eigenvalue weighted by Crippen LogP contribution is 2.29. The van der Waals surface area contributed by atoms with Crippen LogP contribution in [0.2, 0.25) is 10.0 Å². The number of aryl methyl sites for hydroxylation is 1. The Kier molecular flexibility index (Phi) is 10.2. The minimum absolute atomic E-state index is 0.00455. The molecule has 2 amide bonds. The van der Waals surface area contributed by atoms with Crippen LogP contribution in [0.4, 0.5) is 5.69 Å². The number of amides is 2. The molecule has 1 N–H and O–H groups in total. The number of sulfonamides is 1. The zero-order valence-electron chi connectivity index (χ0n) is 21.5. The molecule has 38 heavy (non-hydrogen) atoms. The van der Waals surface area contributed by atoms with Gasteiger partial charge in [0.15, 0.2) is 0 Å². The monoisotopic (exact) mass is 575 g/mol. The van der Waals surface area contributed by atoms with Crippen molar-refractivity contribution in [2.75, 3.05) is 17.9 Å². The summed E-state index contributed by atoms with van der Waals surface area (Å²) in [7, 11) is -2.63. The Hall–Kier alpha value is -3.07. The number of carbonyl (C=O) groups is 2. The smallest absolute Gasteiger partial charge is 0.264 e. The van der Waals surface area contributed by atoms with Gasteiger partial charge >= 0.3 is 0 Å². The van der Waals surface area contributed by atoms with Crippen molar-refractivity contribution < 1.29 is 18.0 Å². The first-order valence-corrected chi connectivity index (χ1v) is 14.4. The van der Waals surface area contributed by atoms with Gasteiger partial charge in [0.2, 0.25) is 11.8 Å². The molecule has 0 fully saturated rings. The predicted molar refractivity (Wildman–Crippen MR) is 152 cm³/mol. The maximum absolute atomic E-state index is 14.0. The standard InChI is InChI=1S/C28H31Cl2N3O4S/c1-4-20-11-9-10-14-26(20)33(38(36,37)23-12-7-6-8-13-23)19-27(34)32(25(5-2)28(35)31-3)18-21-15-16-22(29)17-24(21)30/h6-17,25H,4-5,18-19H2,1-3H3,(H,31,35)/t25-/m1/s1. The van der Waals surface area contributed by atoms with Crippen LogP contribution in [0.3, 0.4) is 0 Å². The third kappa shape index (κ3) is 6.67. The van der Waals surface area contributed by atoms with Gasteiger partial charge in [0.1, 0.15) is 12.6 Å². The lowest BCUT2D eigenvalue weighted by Gasteiger charge is -2.33. The Bertz CT molecular complexity index is 1380. The number of halogens is 2. The van der Waals surface area contributed by atoms with Gasteiger partial charge in [0.25, 0.3) is 10.0 Å². The minimum Gasteiger partial charge on any atom is -0.357 e. The topological polar surface area (TPSA) is 86.8 Å². The van der Waals surface area contributed by atoms with E-state index in [1.165, 1.54) is 24.1 Å². The van der Waals surface area contributed by atoms with Crippen LogP contribution in [-0.4, -0.2) is 44.8 Å². The molecule has 0 saturated heterocycles. The number of nitrogens with one attached hydrogen (secondary N) is 1. The number of para-hydroxylation sites is 1. The summed E-state index contributed by atoms with van der Waals surface area (Å²) in [4.78, 5) is 28.2. The number of rotatable bonds is 11. The second-order valence-corrected chi connectivity index (χ2v) is 11.3. The Morgan fingerprint density at radius 2 is 1.58 bits per heavy atom. The molecule has 0 aromatic heterocycles. The van der Waals surface area contributed by atoms with Gasteiger partial charge in [0.05, 0.1) is 10.6 Å². The Balaban J connectivity index is 2.10. The van der Waals surface area contributed by atoms with Gasteiger partial charge in [-0.3, -0.25) is 13.9 Å². The van der Waals surface area contributed by atoms with Crippen molar-refractivity contribution >= 4 is 50.7 Å². The Morgan fingerprint density at radius 1 is 0.921 bits per heavy atom. The SMILES string of the molecule is CCc1ccccc1N(CC(=O)N(Cc1ccc(Cl)cc1Cl)[C@H](CC)C(=O)NC)S(=O)(=O)c1ccccc1. The molecular weight excluding hydrogens is 545 g/mol. The van der Waals surface area contributed by atoms with Crippen LogP contribution >= 0.6 is 23.2 Å². The van der Waals surface area contributed by atoms with Gasteiger partial charge in [-0.25, -0.2) is 8.42 Å². The van der Waals surface area contributed by atoms with E-state index in [1.807, 2.05) is 19.1 Å². The number of hydrogen-bond acceptors (Lipinski definition) is 4. The largest absolute Gasteiger partial charge is 0.357 e. The number of carbonyl (C=O) groups excluding carboxylic acids is 2. The third-order valence-electron chi connectivity index (χ3n) is 6.24. The fourth-order valence-corrected chi connectivity index (χ4v) is 6.15. The first kappa shape index (κ1) is 29.5. The maximum Gasteiger partial charge on any atom is 0.264 e. The maximum atomic E-state index is 14.0. The van der Waals surface area contributed by atoms with Gasteiger partial charge in [-0.2, -0.15) is 0 Å². The van der Waals surface area contributed by atoms with Crippen molar-refractivity contribution in [3.05, 3.63) is 94.0 Å². The quantitative estimate of drug-likeness (QED) is 0.336. The van der Waals surface area contributed by atoms with Gasteiger partial charge in [-0.1, -0.05) is 79.5 Å². The van der Waals surface area contributed by atoms with E-state index >= 15 is 0 Å². The summed E-state index contributed by atoms with van der Waals surface area (Å²) in [5.41, 5.74) is 1.76. The molecule has 0 unspecified atom stereocenters. The van der Waals surface area contributed by atoms with Crippen LogP contribution in [0, 0.1) is 0 Å². The van der Waals surface area contributed by atoms with Gasteiger partial charge in [-0.05, 0) is 54.3 Å². The summed E-state index contributed by atoms with van der Waals surface area (Å²) < 4.78 is 28.9. The number of benzene rings is 3. The van der Waals surface area contributed by atoms with Crippen LogP contribution in [0.25, 0.3) is 0 Å². The molecule has 0 bridgehead atoms. The summed E-state index contributed by atoms with van der Waals surface area (Å²) in [5, 5.41) is 3.38. The van der Waals surface area contributed by atoms with E-state index in [2.05, 4.69) is 5.32 Å². The molecule has 3 aromatic rings. The average Bonchev–Trinajstić information content (AvgIpc) is 2.92. The number of hydrogen-bond donors (Lipinski definition) is 1. The number of likely N-dealkylation sites (N-methyl/N-ethyl adjacent to an activating group) is 1. The number of nitrogens with zero attached hydrogens (tertiary/aromatic N) is 2. The van der Waals surface area contributed by atoms with E-state index < -0.39 is 28.5 Å². The van der Waals surface area contributed by atoms with Crippen LogP contribution in [0.5, 0.6) is 0 Å². The lowest BCUT2D eigenvalue weighted by molar-refractivity contribution is -0.140. The molecule has 7 nitrogen and oxygen atoms in total. The van der Waals surface area contributed by atoms with Crippen molar-refractivity contribution in [3.8, 4) is 0 Å². The number of anilines is 1. The zero-order valence-corrected chi connectivity index (χ0v) is 23.9. The third-order valence-corrected chi connectivity index (χ3v) is 8.60. The lowest BCUT2D eigenvalue weighted by Crippen LogP contribution is -2.51. The van der Waals surface area contributed by atoms with E-state index in [4.69, 9.17) is 23.2 Å². The fourth-order valence-electron chi connectivity index (χ4n) is 4.21. The highest BCUT2D eigenvalue weighted by molar-refractivity contribution is 7.92. The van der Waals surface area contributed by atoms with E-state index in [0.29, 0.717) is 34.1 Å². The second kappa shape index (κ2) is 13.1. The molecule has 1 atom stereocenters. The zero-order chi connectivity index (χ0) is 27.9. The normalized spacial score (nSPS) is 12.0. The van der Waals surface area contributed by atoms with Crippen molar-refractivity contribution in [3.63, 3.8) is 0 Å². The van der Waals surface area contributed by atoms with Crippen LogP contribution in [-0.2, 0) is 32.6 Å². The molecule has 0 aliphatic heterocycles. The molecule has 0 spiro atoms. The predicted octanol–water partition coefficient (Wildman–Crippen LogP) is 5.30. The molecule has 0 aliphatic carbocycles. The summed E-state index contributed by atoms with van der Waals surface area (Å²) in [6.45, 7) is 3.19. The van der Waals surface area contributed by atoms with Crippen LogP contribution in [0.15, 0.2) is 77.7 Å². The molecular formula is C28H31Cl2N3O4S. The minimum atomic E-state index is -4.12. The highest BCUT2D eigenvalue weighted by Gasteiger charge is 2.34. The molecule has 0 aliphatic rings. The van der Waals surface area contributed by atoms with E-state index in [9.17, 15) is 18.0 Å². The van der Waals surface area contributed by atoms with E-state index in [1.54, 1.807) is 55.5 Å². The molecule has 3 aromatic carbocycles. The second-order valence-electron chi connectivity index (χ2n) is 8.60. The summed E-state index contributed by atoms with van der Waals surface area (Å²) >= 11 is 12.5. The van der Waals surface area contributed by atoms with Crippen LogP contribution in [0.1, 0.15) is 31.4 Å². The van der Waals surface area contributed by atoms with Gasteiger partial charge in [0, 0.05) is 23.6 Å². The highest BCUT2D eigenvalue weighted by atomic mass is 35.5. The van der Waals surface area contributed by atoms with E-state index in [-0.39, 0.29) is 17.3 Å². The van der Waals surface area contributed by atoms with Crippen LogP contribution < -0.4 is 9.62 Å². The summed E-state index contributed by atoms with van der Waals surface area (Å²) in [6.07, 6.45) is 0.874. The van der Waals surface area contributed by atoms with Crippen molar-refractivity contribution in [2.45, 2.75) is 44.2 Å².